The van der Waals surface area contributed by atoms with Crippen LogP contribution >= 0.6 is 0 Å². The number of imide groups is 1. The fourth-order valence-electron chi connectivity index (χ4n) is 1.82. The Hall–Kier alpha value is -1.96. The second-order valence-electron chi connectivity index (χ2n) is 4.11. The Labute approximate surface area is 109 Å². The summed E-state index contributed by atoms with van der Waals surface area (Å²) in [5, 5.41) is 9.51. The van der Waals surface area contributed by atoms with E-state index in [-0.39, 0.29) is 25.4 Å². The van der Waals surface area contributed by atoms with Crippen molar-refractivity contribution < 1.29 is 19.4 Å². The summed E-state index contributed by atoms with van der Waals surface area (Å²) in [5.74, 6) is -0.903. The van der Waals surface area contributed by atoms with E-state index in [1.165, 1.54) is 0 Å². The highest BCUT2D eigenvalue weighted by atomic mass is 16.5. The number of aliphatic hydroxyl groups is 1. The molecule has 7 nitrogen and oxygen atoms in total. The minimum atomic E-state index is -1.42. The molecule has 19 heavy (non-hydrogen) atoms. The van der Waals surface area contributed by atoms with Crippen molar-refractivity contribution in [1.82, 2.24) is 0 Å². The van der Waals surface area contributed by atoms with E-state index in [9.17, 15) is 14.7 Å². The molecule has 5 N–H and O–H groups in total. The molecule has 0 aromatic heterocycles. The van der Waals surface area contributed by atoms with E-state index in [0.29, 0.717) is 5.75 Å². The third-order valence-electron chi connectivity index (χ3n) is 2.83. The standard InChI is InChI=1S/C12H15N3O4/c13-4-7-1-2-10-8(3-7)15(11(17)6-19-10)12(18)9(16)5-14/h1-3,9,16H,4-6,13-14H2. The zero-order chi connectivity index (χ0) is 14.0. The molecule has 2 amide bonds. The number of nitrogens with two attached hydrogens (primary N) is 2. The normalized spacial score (nSPS) is 15.7. The van der Waals surface area contributed by atoms with Crippen LogP contribution in [0.25, 0.3) is 0 Å². The van der Waals surface area contributed by atoms with E-state index in [4.69, 9.17) is 16.2 Å². The smallest absolute Gasteiger partial charge is 0.271 e. The number of hydrogen-bond donors (Lipinski definition) is 3. The Balaban J connectivity index is 2.44. The Kier molecular flexibility index (Phi) is 3.79. The number of carbonyl (C=O) groups is 2. The quantitative estimate of drug-likeness (QED) is 0.626. The molecule has 0 saturated carbocycles. The van der Waals surface area contributed by atoms with Gasteiger partial charge in [-0.05, 0) is 17.7 Å². The molecule has 0 fully saturated rings. The molecule has 1 aliphatic rings. The molecule has 1 unspecified atom stereocenters. The molecule has 1 heterocycles. The van der Waals surface area contributed by atoms with Crippen LogP contribution in [-0.2, 0) is 16.1 Å². The van der Waals surface area contributed by atoms with Crippen molar-refractivity contribution in [2.75, 3.05) is 18.1 Å². The second kappa shape index (κ2) is 5.35. The molecule has 2 rings (SSSR count). The van der Waals surface area contributed by atoms with Gasteiger partial charge in [0.05, 0.1) is 5.69 Å². The molecule has 0 radical (unpaired) electrons. The van der Waals surface area contributed by atoms with Gasteiger partial charge in [-0.2, -0.15) is 0 Å². The summed E-state index contributed by atoms with van der Waals surface area (Å²) in [5.41, 5.74) is 11.8. The lowest BCUT2D eigenvalue weighted by Crippen LogP contribution is -2.49. The Morgan fingerprint density at radius 3 is 2.84 bits per heavy atom. The maximum atomic E-state index is 12.0. The van der Waals surface area contributed by atoms with E-state index in [2.05, 4.69) is 0 Å². The van der Waals surface area contributed by atoms with Crippen molar-refractivity contribution >= 4 is 17.5 Å². The van der Waals surface area contributed by atoms with Gasteiger partial charge in [0.15, 0.2) is 6.61 Å². The van der Waals surface area contributed by atoms with E-state index in [1.807, 2.05) is 0 Å². The van der Waals surface area contributed by atoms with Crippen molar-refractivity contribution in [1.29, 1.82) is 0 Å². The van der Waals surface area contributed by atoms with Crippen molar-refractivity contribution in [3.63, 3.8) is 0 Å². The van der Waals surface area contributed by atoms with Crippen molar-refractivity contribution in [2.24, 2.45) is 11.5 Å². The third kappa shape index (κ3) is 2.43. The molecule has 0 bridgehead atoms. The van der Waals surface area contributed by atoms with Crippen LogP contribution in [0, 0.1) is 0 Å². The predicted octanol–water partition coefficient (Wildman–Crippen LogP) is -1.28. The molecule has 1 aliphatic heterocycles. The van der Waals surface area contributed by atoms with Crippen LogP contribution in [0.2, 0.25) is 0 Å². The van der Waals surface area contributed by atoms with Gasteiger partial charge >= 0.3 is 0 Å². The van der Waals surface area contributed by atoms with Gasteiger partial charge < -0.3 is 21.3 Å². The fourth-order valence-corrected chi connectivity index (χ4v) is 1.82. The first-order chi connectivity index (χ1) is 9.08. The number of amides is 2. The molecule has 1 aromatic carbocycles. The summed E-state index contributed by atoms with van der Waals surface area (Å²) >= 11 is 0. The van der Waals surface area contributed by atoms with Gasteiger partial charge in [-0.1, -0.05) is 6.07 Å². The molecular weight excluding hydrogens is 250 g/mol. The molecule has 1 aromatic rings. The number of benzene rings is 1. The summed E-state index contributed by atoms with van der Waals surface area (Å²) in [7, 11) is 0. The summed E-state index contributed by atoms with van der Waals surface area (Å²) in [6.07, 6.45) is -1.42. The summed E-state index contributed by atoms with van der Waals surface area (Å²) in [6, 6.07) is 4.98. The largest absolute Gasteiger partial charge is 0.482 e. The first kappa shape index (κ1) is 13.5. The Bertz CT molecular complexity index is 518. The van der Waals surface area contributed by atoms with E-state index in [0.717, 1.165) is 10.5 Å². The summed E-state index contributed by atoms with van der Waals surface area (Å²) in [4.78, 5) is 24.7. The van der Waals surface area contributed by atoms with Crippen LogP contribution in [0.3, 0.4) is 0 Å². The van der Waals surface area contributed by atoms with E-state index in [1.54, 1.807) is 18.2 Å². The Morgan fingerprint density at radius 1 is 1.47 bits per heavy atom. The maximum Gasteiger partial charge on any atom is 0.271 e. The van der Waals surface area contributed by atoms with Crippen molar-refractivity contribution in [3.8, 4) is 5.75 Å². The number of aliphatic hydroxyl groups excluding tert-OH is 1. The third-order valence-corrected chi connectivity index (χ3v) is 2.83. The van der Waals surface area contributed by atoms with Gasteiger partial charge in [0.1, 0.15) is 11.9 Å². The minimum Gasteiger partial charge on any atom is -0.482 e. The highest BCUT2D eigenvalue weighted by molar-refractivity contribution is 6.18. The zero-order valence-electron chi connectivity index (χ0n) is 10.2. The van der Waals surface area contributed by atoms with Gasteiger partial charge in [0.2, 0.25) is 0 Å². The van der Waals surface area contributed by atoms with Gasteiger partial charge in [-0.3, -0.25) is 9.59 Å². The molecular formula is C12H15N3O4. The monoisotopic (exact) mass is 265 g/mol. The molecule has 0 aliphatic carbocycles. The molecule has 0 spiro atoms. The van der Waals surface area contributed by atoms with E-state index < -0.39 is 17.9 Å². The van der Waals surface area contributed by atoms with Crippen molar-refractivity contribution in [3.05, 3.63) is 23.8 Å². The number of hydrogen-bond acceptors (Lipinski definition) is 6. The van der Waals surface area contributed by atoms with Crippen LogP contribution in [0.5, 0.6) is 5.75 Å². The number of ether oxygens (including phenoxy) is 1. The van der Waals surface area contributed by atoms with Gasteiger partial charge in [0.25, 0.3) is 11.8 Å². The lowest BCUT2D eigenvalue weighted by atomic mass is 10.1. The number of carbonyl (C=O) groups excluding carboxylic acids is 2. The molecule has 7 heteroatoms. The number of anilines is 1. The van der Waals surface area contributed by atoms with Crippen LogP contribution in [-0.4, -0.2) is 36.2 Å². The lowest BCUT2D eigenvalue weighted by Gasteiger charge is -2.29. The SMILES string of the molecule is NCc1ccc2c(c1)N(C(=O)C(O)CN)C(=O)CO2. The lowest BCUT2D eigenvalue weighted by molar-refractivity contribution is -0.132. The highest BCUT2D eigenvalue weighted by Gasteiger charge is 2.33. The number of fused-ring (bicyclic) bond motifs is 1. The highest BCUT2D eigenvalue weighted by Crippen LogP contribution is 2.33. The van der Waals surface area contributed by atoms with Crippen molar-refractivity contribution in [2.45, 2.75) is 12.6 Å². The van der Waals surface area contributed by atoms with Gasteiger partial charge in [0, 0.05) is 13.1 Å². The van der Waals surface area contributed by atoms with Crippen LogP contribution in [0.15, 0.2) is 18.2 Å². The predicted molar refractivity (Wildman–Crippen MR) is 67.4 cm³/mol. The van der Waals surface area contributed by atoms with Gasteiger partial charge in [-0.15, -0.1) is 0 Å². The molecule has 1 atom stereocenters. The average molecular weight is 265 g/mol. The van der Waals surface area contributed by atoms with Crippen LogP contribution < -0.4 is 21.1 Å². The topological polar surface area (TPSA) is 119 Å². The molecule has 0 saturated heterocycles. The number of rotatable bonds is 3. The second-order valence-corrected chi connectivity index (χ2v) is 4.11. The minimum absolute atomic E-state index is 0.252. The summed E-state index contributed by atoms with van der Waals surface area (Å²) < 4.78 is 5.23. The fraction of sp³-hybridized carbons (Fsp3) is 0.333. The Morgan fingerprint density at radius 2 is 2.21 bits per heavy atom. The molecule has 102 valence electrons. The number of nitrogens with zero attached hydrogens (tertiary/aromatic N) is 1. The van der Waals surface area contributed by atoms with Gasteiger partial charge in [-0.25, -0.2) is 4.90 Å². The zero-order valence-corrected chi connectivity index (χ0v) is 10.2. The first-order valence-electron chi connectivity index (χ1n) is 5.79. The first-order valence-corrected chi connectivity index (χ1v) is 5.79. The van der Waals surface area contributed by atoms with E-state index >= 15 is 0 Å². The summed E-state index contributed by atoms with van der Waals surface area (Å²) in [6.45, 7) is -0.240. The van der Waals surface area contributed by atoms with Crippen LogP contribution in [0.1, 0.15) is 5.56 Å². The van der Waals surface area contributed by atoms with Crippen LogP contribution in [0.4, 0.5) is 5.69 Å². The average Bonchev–Trinajstić information content (AvgIpc) is 2.44. The maximum absolute atomic E-state index is 12.0.